The Morgan fingerprint density at radius 3 is 2.35 bits per heavy atom. The Morgan fingerprint density at radius 1 is 1.35 bits per heavy atom. The molecule has 1 aromatic rings. The zero-order valence-electron chi connectivity index (χ0n) is 11.2. The number of carboxylic acid groups (broad SMARTS) is 1. The number of hydrogen-bond donors (Lipinski definition) is 2. The van der Waals surface area contributed by atoms with Gasteiger partial charge < -0.3 is 14.9 Å². The first-order chi connectivity index (χ1) is 9.28. The lowest BCUT2D eigenvalue weighted by Gasteiger charge is -2.22. The van der Waals surface area contributed by atoms with Gasteiger partial charge in [0.05, 0.1) is 11.5 Å². The number of rotatable bonds is 7. The molecular weight excluding hydrogens is 286 g/mol. The van der Waals surface area contributed by atoms with Crippen molar-refractivity contribution >= 4 is 16.0 Å². The summed E-state index contributed by atoms with van der Waals surface area (Å²) in [5, 5.41) is 17.5. The van der Waals surface area contributed by atoms with Crippen LogP contribution in [0.1, 0.15) is 6.92 Å². The van der Waals surface area contributed by atoms with Crippen LogP contribution in [0.15, 0.2) is 29.2 Å². The Hall–Kier alpha value is -1.64. The summed E-state index contributed by atoms with van der Waals surface area (Å²) in [6.45, 7) is 0.810. The Kier molecular flexibility index (Phi) is 5.49. The van der Waals surface area contributed by atoms with Crippen LogP contribution in [0.2, 0.25) is 0 Å². The van der Waals surface area contributed by atoms with E-state index in [-0.39, 0.29) is 17.3 Å². The van der Waals surface area contributed by atoms with Crippen LogP contribution in [0.4, 0.5) is 0 Å². The van der Waals surface area contributed by atoms with E-state index in [1.165, 1.54) is 31.3 Å². The van der Waals surface area contributed by atoms with Crippen molar-refractivity contribution < 1.29 is 28.2 Å². The number of ether oxygens (including phenoxy) is 1. The van der Waals surface area contributed by atoms with Gasteiger partial charge in [-0.25, -0.2) is 13.2 Å². The largest absolute Gasteiger partial charge is 0.482 e. The number of likely N-dealkylation sites (N-methyl/N-ethyl adjacent to an activating group) is 1. The van der Waals surface area contributed by atoms with Crippen molar-refractivity contribution in [1.29, 1.82) is 0 Å². The van der Waals surface area contributed by atoms with Gasteiger partial charge >= 0.3 is 5.97 Å². The summed E-state index contributed by atoms with van der Waals surface area (Å²) in [5.74, 6) is -0.845. The molecule has 0 aliphatic heterocycles. The van der Waals surface area contributed by atoms with Crippen molar-refractivity contribution in [3.63, 3.8) is 0 Å². The van der Waals surface area contributed by atoms with Crippen LogP contribution < -0.4 is 4.74 Å². The first-order valence-corrected chi connectivity index (χ1v) is 7.26. The smallest absolute Gasteiger partial charge is 0.341 e. The van der Waals surface area contributed by atoms with Gasteiger partial charge in [0, 0.05) is 13.1 Å². The maximum Gasteiger partial charge on any atom is 0.341 e. The van der Waals surface area contributed by atoms with Gasteiger partial charge in [0.25, 0.3) is 0 Å². The minimum Gasteiger partial charge on any atom is -0.482 e. The molecule has 0 aliphatic rings. The number of sulfonamides is 1. The van der Waals surface area contributed by atoms with Crippen LogP contribution in [0.25, 0.3) is 0 Å². The number of carbonyl (C=O) groups is 1. The van der Waals surface area contributed by atoms with Gasteiger partial charge in [0.1, 0.15) is 5.75 Å². The van der Waals surface area contributed by atoms with E-state index in [9.17, 15) is 13.2 Å². The third kappa shape index (κ3) is 3.92. The van der Waals surface area contributed by atoms with Gasteiger partial charge in [-0.3, -0.25) is 0 Å². The average Bonchev–Trinajstić information content (AvgIpc) is 2.43. The molecule has 0 radical (unpaired) electrons. The Labute approximate surface area is 117 Å². The number of aliphatic hydroxyl groups is 1. The summed E-state index contributed by atoms with van der Waals surface area (Å²) < 4.78 is 30.4. The van der Waals surface area contributed by atoms with Crippen LogP contribution in [-0.4, -0.2) is 55.2 Å². The normalized spacial score (nSPS) is 13.2. The van der Waals surface area contributed by atoms with Crippen molar-refractivity contribution in [3.8, 4) is 5.75 Å². The van der Waals surface area contributed by atoms with E-state index in [4.69, 9.17) is 14.9 Å². The second kappa shape index (κ2) is 6.69. The lowest BCUT2D eigenvalue weighted by atomic mass is 10.3. The van der Waals surface area contributed by atoms with Gasteiger partial charge in [-0.2, -0.15) is 4.31 Å². The maximum absolute atomic E-state index is 12.2. The molecule has 0 heterocycles. The highest BCUT2D eigenvalue weighted by atomic mass is 32.2. The van der Waals surface area contributed by atoms with Crippen molar-refractivity contribution in [3.05, 3.63) is 24.3 Å². The number of hydrogen-bond acceptors (Lipinski definition) is 5. The fraction of sp³-hybridized carbons (Fsp3) is 0.417. The highest BCUT2D eigenvalue weighted by molar-refractivity contribution is 7.89. The van der Waals surface area contributed by atoms with Crippen LogP contribution in [0, 0.1) is 0 Å². The van der Waals surface area contributed by atoms with Crippen molar-refractivity contribution in [1.82, 2.24) is 4.31 Å². The maximum atomic E-state index is 12.2. The van der Waals surface area contributed by atoms with Gasteiger partial charge in [-0.15, -0.1) is 0 Å². The molecule has 0 aliphatic carbocycles. The molecule has 0 saturated carbocycles. The van der Waals surface area contributed by atoms with E-state index >= 15 is 0 Å². The first-order valence-electron chi connectivity index (χ1n) is 5.82. The molecule has 0 spiro atoms. The lowest BCUT2D eigenvalue weighted by Crippen LogP contribution is -2.37. The van der Waals surface area contributed by atoms with E-state index in [2.05, 4.69) is 0 Å². The van der Waals surface area contributed by atoms with E-state index in [0.29, 0.717) is 0 Å². The second-order valence-corrected chi connectivity index (χ2v) is 6.20. The van der Waals surface area contributed by atoms with Gasteiger partial charge in [0.15, 0.2) is 6.61 Å². The van der Waals surface area contributed by atoms with Gasteiger partial charge in [-0.05, 0) is 31.2 Å². The summed E-state index contributed by atoms with van der Waals surface area (Å²) >= 11 is 0. The quantitative estimate of drug-likeness (QED) is 0.743. The highest BCUT2D eigenvalue weighted by Gasteiger charge is 2.24. The zero-order valence-corrected chi connectivity index (χ0v) is 12.0. The zero-order chi connectivity index (χ0) is 15.3. The fourth-order valence-corrected chi connectivity index (χ4v) is 2.72. The molecule has 0 aromatic heterocycles. The molecule has 1 rings (SSSR count). The Bertz CT molecular complexity index is 554. The van der Waals surface area contributed by atoms with Crippen LogP contribution in [0.3, 0.4) is 0 Å². The molecule has 8 heteroatoms. The monoisotopic (exact) mass is 303 g/mol. The third-order valence-electron chi connectivity index (χ3n) is 2.75. The number of aliphatic carboxylic acids is 1. The molecule has 1 unspecified atom stereocenters. The topological polar surface area (TPSA) is 104 Å². The minimum atomic E-state index is -3.70. The standard InChI is InChI=1S/C12H17NO6S/c1-9(7-14)13(2)20(17,18)11-5-3-10(4-6-11)19-8-12(15)16/h3-6,9,14H,7-8H2,1-2H3,(H,15,16). The van der Waals surface area contributed by atoms with E-state index in [1.54, 1.807) is 6.92 Å². The summed E-state index contributed by atoms with van der Waals surface area (Å²) in [6, 6.07) is 4.88. The SMILES string of the molecule is CC(CO)N(C)S(=O)(=O)c1ccc(OCC(=O)O)cc1. The summed E-state index contributed by atoms with van der Waals surface area (Å²) in [4.78, 5) is 10.4. The highest BCUT2D eigenvalue weighted by Crippen LogP contribution is 2.20. The molecule has 0 fully saturated rings. The molecule has 20 heavy (non-hydrogen) atoms. The molecule has 0 bridgehead atoms. The predicted molar refractivity (Wildman–Crippen MR) is 71.1 cm³/mol. The van der Waals surface area contributed by atoms with Gasteiger partial charge in [-0.1, -0.05) is 0 Å². The summed E-state index contributed by atoms with van der Waals surface area (Å²) in [5.41, 5.74) is 0. The summed E-state index contributed by atoms with van der Waals surface area (Å²) in [7, 11) is -2.32. The second-order valence-electron chi connectivity index (χ2n) is 4.21. The van der Waals surface area contributed by atoms with Crippen molar-refractivity contribution in [2.24, 2.45) is 0 Å². The van der Waals surface area contributed by atoms with Crippen LogP contribution >= 0.6 is 0 Å². The van der Waals surface area contributed by atoms with Crippen LogP contribution in [0.5, 0.6) is 5.75 Å². The number of carboxylic acids is 1. The van der Waals surface area contributed by atoms with Crippen molar-refractivity contribution in [2.45, 2.75) is 17.9 Å². The number of nitrogens with zero attached hydrogens (tertiary/aromatic N) is 1. The molecule has 2 N–H and O–H groups in total. The van der Waals surface area contributed by atoms with E-state index in [0.717, 1.165) is 4.31 Å². The predicted octanol–water partition coefficient (Wildman–Crippen LogP) is 0.151. The van der Waals surface area contributed by atoms with Crippen LogP contribution in [-0.2, 0) is 14.8 Å². The van der Waals surface area contributed by atoms with E-state index in [1.807, 2.05) is 0 Å². The van der Waals surface area contributed by atoms with Gasteiger partial charge in [0.2, 0.25) is 10.0 Å². The number of aliphatic hydroxyl groups excluding tert-OH is 1. The molecule has 7 nitrogen and oxygen atoms in total. The molecule has 112 valence electrons. The molecular formula is C12H17NO6S. The fourth-order valence-electron chi connectivity index (χ4n) is 1.37. The summed E-state index contributed by atoms with van der Waals surface area (Å²) in [6.07, 6.45) is 0. The molecule has 0 saturated heterocycles. The first kappa shape index (κ1) is 16.4. The molecule has 1 aromatic carbocycles. The van der Waals surface area contributed by atoms with E-state index < -0.39 is 28.6 Å². The Balaban J connectivity index is 2.89. The lowest BCUT2D eigenvalue weighted by molar-refractivity contribution is -0.139. The average molecular weight is 303 g/mol. The minimum absolute atomic E-state index is 0.0444. The third-order valence-corrected chi connectivity index (χ3v) is 4.73. The molecule has 0 amide bonds. The number of benzene rings is 1. The van der Waals surface area contributed by atoms with Crippen molar-refractivity contribution in [2.75, 3.05) is 20.3 Å². The Morgan fingerprint density at radius 2 is 1.90 bits per heavy atom. The molecule has 1 atom stereocenters.